The molecule has 0 bridgehead atoms. The molecule has 1 amide bonds. The molecule has 144 valence electrons. The van der Waals surface area contributed by atoms with E-state index in [1.54, 1.807) is 44.6 Å². The zero-order valence-corrected chi connectivity index (χ0v) is 16.4. The highest BCUT2D eigenvalue weighted by molar-refractivity contribution is 6.30. The molecule has 28 heavy (non-hydrogen) atoms. The third kappa shape index (κ3) is 4.50. The molecule has 1 aromatic heterocycles. The number of rotatable bonds is 6. The van der Waals surface area contributed by atoms with Gasteiger partial charge in [-0.3, -0.25) is 4.79 Å². The second-order valence-corrected chi connectivity index (χ2v) is 6.33. The first-order chi connectivity index (χ1) is 13.5. The van der Waals surface area contributed by atoms with E-state index in [9.17, 15) is 4.79 Å². The second-order valence-electron chi connectivity index (χ2n) is 5.90. The molecule has 3 aromatic rings. The highest BCUT2D eigenvalue weighted by atomic mass is 35.5. The predicted molar refractivity (Wildman–Crippen MR) is 109 cm³/mol. The van der Waals surface area contributed by atoms with Crippen molar-refractivity contribution in [3.63, 3.8) is 0 Å². The number of nitrogens with zero attached hydrogens (tertiary/aromatic N) is 2. The normalized spacial score (nSPS) is 10.3. The molecule has 0 aliphatic heterocycles. The van der Waals surface area contributed by atoms with Gasteiger partial charge in [0.15, 0.2) is 11.5 Å². The van der Waals surface area contributed by atoms with Crippen LogP contribution in [0.2, 0.25) is 5.02 Å². The lowest BCUT2D eigenvalue weighted by Crippen LogP contribution is -2.15. The van der Waals surface area contributed by atoms with Crippen molar-refractivity contribution in [3.8, 4) is 11.5 Å². The molecule has 2 aromatic carbocycles. The highest BCUT2D eigenvalue weighted by Gasteiger charge is 2.11. The third-order valence-corrected chi connectivity index (χ3v) is 4.21. The summed E-state index contributed by atoms with van der Waals surface area (Å²) in [6.07, 6.45) is 2.89. The van der Waals surface area contributed by atoms with E-state index in [-0.39, 0.29) is 11.6 Å². The molecule has 0 radical (unpaired) electrons. The Morgan fingerprint density at radius 3 is 2.43 bits per heavy atom. The van der Waals surface area contributed by atoms with Gasteiger partial charge in [0.05, 0.1) is 26.6 Å². The topological polar surface area (TPSA) is 85.4 Å². The average Bonchev–Trinajstić information content (AvgIpc) is 2.70. The number of nitrogens with one attached hydrogen (secondary N) is 2. The summed E-state index contributed by atoms with van der Waals surface area (Å²) in [6.45, 7) is 1.86. The van der Waals surface area contributed by atoms with Crippen molar-refractivity contribution >= 4 is 34.7 Å². The summed E-state index contributed by atoms with van der Waals surface area (Å²) >= 11 is 5.93. The van der Waals surface area contributed by atoms with Gasteiger partial charge in [-0.05, 0) is 42.8 Å². The fourth-order valence-corrected chi connectivity index (χ4v) is 2.75. The number of aryl methyl sites for hydroxylation is 1. The van der Waals surface area contributed by atoms with Crippen LogP contribution in [0.25, 0.3) is 0 Å². The number of hydrogen-bond donors (Lipinski definition) is 2. The van der Waals surface area contributed by atoms with Gasteiger partial charge >= 0.3 is 0 Å². The molecule has 0 aliphatic rings. The molecule has 8 heteroatoms. The van der Waals surface area contributed by atoms with Crippen LogP contribution in [0.3, 0.4) is 0 Å². The zero-order valence-electron chi connectivity index (χ0n) is 15.6. The van der Waals surface area contributed by atoms with Crippen LogP contribution in [0.15, 0.2) is 48.8 Å². The first-order valence-corrected chi connectivity index (χ1v) is 8.76. The summed E-state index contributed by atoms with van der Waals surface area (Å²) in [7, 11) is 3.14. The second kappa shape index (κ2) is 8.58. The summed E-state index contributed by atoms with van der Waals surface area (Å²) in [4.78, 5) is 20.8. The molecule has 0 saturated heterocycles. The molecular weight excluding hydrogens is 380 g/mol. The van der Waals surface area contributed by atoms with Gasteiger partial charge in [-0.15, -0.1) is 0 Å². The van der Waals surface area contributed by atoms with Gasteiger partial charge < -0.3 is 20.1 Å². The predicted octanol–water partition coefficient (Wildman–Crippen LogP) is 4.45. The van der Waals surface area contributed by atoms with Gasteiger partial charge in [-0.25, -0.2) is 9.97 Å². The van der Waals surface area contributed by atoms with Crippen molar-refractivity contribution in [2.24, 2.45) is 0 Å². The van der Waals surface area contributed by atoms with Crippen molar-refractivity contribution in [1.29, 1.82) is 0 Å². The lowest BCUT2D eigenvalue weighted by atomic mass is 10.2. The minimum Gasteiger partial charge on any atom is -0.493 e. The lowest BCUT2D eigenvalue weighted by Gasteiger charge is -2.11. The molecule has 3 rings (SSSR count). The van der Waals surface area contributed by atoms with Crippen molar-refractivity contribution in [1.82, 2.24) is 9.97 Å². The SMILES string of the molecule is COc1ccc(Nc2cnc(C(=O)Nc3ccc(Cl)cc3C)cn2)cc1OC. The van der Waals surface area contributed by atoms with Crippen molar-refractivity contribution in [3.05, 3.63) is 65.1 Å². The Bertz CT molecular complexity index is 993. The van der Waals surface area contributed by atoms with Crippen LogP contribution in [0, 0.1) is 6.92 Å². The summed E-state index contributed by atoms with van der Waals surface area (Å²) in [5.74, 6) is 1.36. The molecule has 0 unspecified atom stereocenters. The number of benzene rings is 2. The van der Waals surface area contributed by atoms with E-state index < -0.39 is 0 Å². The van der Waals surface area contributed by atoms with E-state index in [1.165, 1.54) is 12.4 Å². The van der Waals surface area contributed by atoms with E-state index in [1.807, 2.05) is 13.0 Å². The van der Waals surface area contributed by atoms with Gasteiger partial charge in [0, 0.05) is 22.5 Å². The Hall–Kier alpha value is -3.32. The summed E-state index contributed by atoms with van der Waals surface area (Å²) in [5.41, 5.74) is 2.48. The third-order valence-electron chi connectivity index (χ3n) is 3.98. The van der Waals surface area contributed by atoms with E-state index in [4.69, 9.17) is 21.1 Å². The molecule has 0 spiro atoms. The van der Waals surface area contributed by atoms with Crippen LogP contribution in [0.4, 0.5) is 17.2 Å². The Balaban J connectivity index is 1.70. The Labute approximate surface area is 167 Å². The fraction of sp³-hybridized carbons (Fsp3) is 0.150. The van der Waals surface area contributed by atoms with Crippen LogP contribution in [-0.4, -0.2) is 30.1 Å². The molecule has 0 aliphatic carbocycles. The minimum absolute atomic E-state index is 0.201. The molecule has 0 fully saturated rings. The number of methoxy groups -OCH3 is 2. The van der Waals surface area contributed by atoms with Crippen molar-refractivity contribution in [2.75, 3.05) is 24.9 Å². The van der Waals surface area contributed by atoms with E-state index in [0.29, 0.717) is 28.0 Å². The van der Waals surface area contributed by atoms with Gasteiger partial charge in [0.2, 0.25) is 0 Å². The number of amides is 1. The molecule has 0 atom stereocenters. The molecule has 1 heterocycles. The first kappa shape index (κ1) is 19.4. The van der Waals surface area contributed by atoms with E-state index in [0.717, 1.165) is 11.3 Å². The fourth-order valence-electron chi connectivity index (χ4n) is 2.53. The number of anilines is 3. The van der Waals surface area contributed by atoms with Crippen LogP contribution in [0.1, 0.15) is 16.1 Å². The van der Waals surface area contributed by atoms with E-state index in [2.05, 4.69) is 20.6 Å². The molecule has 2 N–H and O–H groups in total. The zero-order chi connectivity index (χ0) is 20.1. The van der Waals surface area contributed by atoms with Gasteiger partial charge in [0.25, 0.3) is 5.91 Å². The Morgan fingerprint density at radius 1 is 1.00 bits per heavy atom. The lowest BCUT2D eigenvalue weighted by molar-refractivity contribution is 0.102. The number of aromatic nitrogens is 2. The standard InChI is InChI=1S/C20H19ClN4O3/c1-12-8-13(21)4-6-15(12)25-20(26)16-10-23-19(11-22-16)24-14-5-7-17(27-2)18(9-14)28-3/h4-11H,1-3H3,(H,23,24)(H,25,26). The van der Waals surface area contributed by atoms with Crippen LogP contribution >= 0.6 is 11.6 Å². The maximum Gasteiger partial charge on any atom is 0.275 e. The largest absolute Gasteiger partial charge is 0.493 e. The molecule has 0 saturated carbocycles. The van der Waals surface area contributed by atoms with Crippen LogP contribution in [-0.2, 0) is 0 Å². The smallest absolute Gasteiger partial charge is 0.275 e. The number of hydrogen-bond acceptors (Lipinski definition) is 6. The van der Waals surface area contributed by atoms with Crippen molar-refractivity contribution in [2.45, 2.75) is 6.92 Å². The Morgan fingerprint density at radius 2 is 1.79 bits per heavy atom. The summed E-state index contributed by atoms with van der Waals surface area (Å²) < 4.78 is 10.5. The van der Waals surface area contributed by atoms with Crippen LogP contribution in [0.5, 0.6) is 11.5 Å². The molecule has 7 nitrogen and oxygen atoms in total. The quantitative estimate of drug-likeness (QED) is 0.638. The van der Waals surface area contributed by atoms with Crippen molar-refractivity contribution < 1.29 is 14.3 Å². The molecular formula is C20H19ClN4O3. The van der Waals surface area contributed by atoms with Crippen LogP contribution < -0.4 is 20.1 Å². The van der Waals surface area contributed by atoms with Gasteiger partial charge in [-0.1, -0.05) is 11.6 Å². The average molecular weight is 399 g/mol. The van der Waals surface area contributed by atoms with E-state index >= 15 is 0 Å². The summed E-state index contributed by atoms with van der Waals surface area (Å²) in [6, 6.07) is 10.6. The maximum atomic E-state index is 12.4. The monoisotopic (exact) mass is 398 g/mol. The minimum atomic E-state index is -0.351. The first-order valence-electron chi connectivity index (χ1n) is 8.38. The highest BCUT2D eigenvalue weighted by Crippen LogP contribution is 2.30. The number of carbonyl (C=O) groups is 1. The Kier molecular flexibility index (Phi) is 5.96. The maximum absolute atomic E-state index is 12.4. The number of carbonyl (C=O) groups excluding carboxylic acids is 1. The number of ether oxygens (including phenoxy) is 2. The number of halogens is 1. The summed E-state index contributed by atoms with van der Waals surface area (Å²) in [5, 5.41) is 6.52. The van der Waals surface area contributed by atoms with Gasteiger partial charge in [-0.2, -0.15) is 0 Å². The van der Waals surface area contributed by atoms with Gasteiger partial charge in [0.1, 0.15) is 11.5 Å².